The highest BCUT2D eigenvalue weighted by atomic mass is 32.2. The summed E-state index contributed by atoms with van der Waals surface area (Å²) in [7, 11) is -2.90. The molecule has 1 saturated carbocycles. The molecule has 22 heavy (non-hydrogen) atoms. The van der Waals surface area contributed by atoms with Gasteiger partial charge in [0.25, 0.3) is 0 Å². The van der Waals surface area contributed by atoms with E-state index in [2.05, 4.69) is 16.5 Å². The summed E-state index contributed by atoms with van der Waals surface area (Å²) < 4.78 is 25.5. The number of rotatable bonds is 4. The molecule has 1 saturated heterocycles. The normalized spacial score (nSPS) is 24.5. The van der Waals surface area contributed by atoms with Crippen LogP contribution in [0, 0.1) is 0 Å². The third-order valence-corrected chi connectivity index (χ3v) is 7.27. The lowest BCUT2D eigenvalue weighted by atomic mass is 9.84. The molecular weight excluding hydrogens is 318 g/mol. The first-order valence-corrected chi connectivity index (χ1v) is 10.5. The van der Waals surface area contributed by atoms with Gasteiger partial charge in [0.15, 0.2) is 15.7 Å². The second-order valence-corrected chi connectivity index (χ2v) is 9.53. The van der Waals surface area contributed by atoms with Crippen LogP contribution in [0.4, 0.5) is 0 Å². The summed E-state index contributed by atoms with van der Waals surface area (Å²) in [6.07, 6.45) is 4.95. The fraction of sp³-hybridized carbons (Fsp3) is 0.600. The van der Waals surface area contributed by atoms with Crippen LogP contribution >= 0.6 is 11.3 Å². The monoisotopic (exact) mass is 337 g/mol. The molecular formula is C15H19N3O2S2. The maximum absolute atomic E-state index is 11.8. The topological polar surface area (TPSA) is 64.8 Å². The standard InChI is InChI=1S/C15H19N3O2S2/c19-22(20)8-6-12(10-22)18-15(11-3-1-4-11)16-14(17-18)9-13-5-2-7-21-13/h2,5,7,11-12H,1,3-4,6,8-10H2/t12-/m0/s1. The second-order valence-electron chi connectivity index (χ2n) is 6.27. The Labute approximate surface area is 134 Å². The summed E-state index contributed by atoms with van der Waals surface area (Å²) in [6.45, 7) is 0. The molecule has 0 radical (unpaired) electrons. The fourth-order valence-corrected chi connectivity index (χ4v) is 5.60. The summed E-state index contributed by atoms with van der Waals surface area (Å²) in [5.41, 5.74) is 0. The quantitative estimate of drug-likeness (QED) is 0.860. The number of hydrogen-bond acceptors (Lipinski definition) is 5. The molecule has 0 amide bonds. The van der Waals surface area contributed by atoms with Crippen molar-refractivity contribution in [2.45, 2.75) is 44.1 Å². The molecule has 0 unspecified atom stereocenters. The van der Waals surface area contributed by atoms with Gasteiger partial charge in [-0.05, 0) is 30.7 Å². The van der Waals surface area contributed by atoms with Crippen LogP contribution in [0.1, 0.15) is 54.2 Å². The van der Waals surface area contributed by atoms with Crippen molar-refractivity contribution < 1.29 is 8.42 Å². The summed E-state index contributed by atoms with van der Waals surface area (Å²) >= 11 is 1.71. The van der Waals surface area contributed by atoms with Gasteiger partial charge < -0.3 is 0 Å². The van der Waals surface area contributed by atoms with Gasteiger partial charge >= 0.3 is 0 Å². The van der Waals surface area contributed by atoms with Crippen molar-refractivity contribution in [3.05, 3.63) is 34.0 Å². The highest BCUT2D eigenvalue weighted by molar-refractivity contribution is 7.91. The van der Waals surface area contributed by atoms with Crippen LogP contribution in [-0.2, 0) is 16.3 Å². The molecule has 2 aromatic heterocycles. The van der Waals surface area contributed by atoms with Crippen molar-refractivity contribution >= 4 is 21.2 Å². The molecule has 2 fully saturated rings. The molecule has 2 aromatic rings. The molecule has 0 spiro atoms. The fourth-order valence-electron chi connectivity index (χ4n) is 3.21. The van der Waals surface area contributed by atoms with Crippen LogP contribution < -0.4 is 0 Å². The summed E-state index contributed by atoms with van der Waals surface area (Å²) in [4.78, 5) is 6.01. The molecule has 0 bridgehead atoms. The van der Waals surface area contributed by atoms with E-state index in [1.54, 1.807) is 11.3 Å². The van der Waals surface area contributed by atoms with E-state index in [0.717, 1.165) is 30.9 Å². The predicted octanol–water partition coefficient (Wildman–Crippen LogP) is 2.56. The van der Waals surface area contributed by atoms with Crippen LogP contribution in [0.5, 0.6) is 0 Å². The Morgan fingerprint density at radius 2 is 2.18 bits per heavy atom. The molecule has 5 nitrogen and oxygen atoms in total. The van der Waals surface area contributed by atoms with Crippen molar-refractivity contribution in [2.24, 2.45) is 0 Å². The molecule has 3 heterocycles. The zero-order valence-corrected chi connectivity index (χ0v) is 13.9. The Morgan fingerprint density at radius 3 is 2.77 bits per heavy atom. The van der Waals surface area contributed by atoms with Gasteiger partial charge in [-0.25, -0.2) is 18.1 Å². The van der Waals surface area contributed by atoms with Crippen LogP contribution in [-0.4, -0.2) is 34.7 Å². The number of nitrogens with zero attached hydrogens (tertiary/aromatic N) is 3. The van der Waals surface area contributed by atoms with Gasteiger partial charge in [0.2, 0.25) is 0 Å². The lowest BCUT2D eigenvalue weighted by molar-refractivity contribution is 0.362. The largest absolute Gasteiger partial charge is 0.245 e. The highest BCUT2D eigenvalue weighted by Gasteiger charge is 2.34. The van der Waals surface area contributed by atoms with Gasteiger partial charge in [0, 0.05) is 17.2 Å². The summed E-state index contributed by atoms with van der Waals surface area (Å²) in [5, 5.41) is 6.74. The Kier molecular flexibility index (Phi) is 3.57. The Balaban J connectivity index is 1.65. The van der Waals surface area contributed by atoms with E-state index in [1.165, 1.54) is 11.3 Å². The van der Waals surface area contributed by atoms with Gasteiger partial charge in [0.1, 0.15) is 5.82 Å². The molecule has 0 aromatic carbocycles. The van der Waals surface area contributed by atoms with E-state index in [4.69, 9.17) is 4.98 Å². The van der Waals surface area contributed by atoms with Crippen LogP contribution in [0.15, 0.2) is 17.5 Å². The smallest absolute Gasteiger partial charge is 0.156 e. The average molecular weight is 337 g/mol. The first kappa shape index (κ1) is 14.4. The SMILES string of the molecule is O=S1(=O)CC[C@H](n2nc(Cc3cccs3)nc2C2CCC2)C1. The van der Waals surface area contributed by atoms with Gasteiger partial charge in [-0.3, -0.25) is 0 Å². The highest BCUT2D eigenvalue weighted by Crippen LogP contribution is 2.37. The lowest BCUT2D eigenvalue weighted by Crippen LogP contribution is -2.20. The van der Waals surface area contributed by atoms with Crippen molar-refractivity contribution in [2.75, 3.05) is 11.5 Å². The number of thiophene rings is 1. The van der Waals surface area contributed by atoms with E-state index in [9.17, 15) is 8.42 Å². The van der Waals surface area contributed by atoms with Gasteiger partial charge in [0.05, 0.1) is 17.5 Å². The zero-order chi connectivity index (χ0) is 15.2. The van der Waals surface area contributed by atoms with E-state index in [-0.39, 0.29) is 17.5 Å². The van der Waals surface area contributed by atoms with E-state index >= 15 is 0 Å². The maximum atomic E-state index is 11.8. The second kappa shape index (κ2) is 5.45. The Hall–Kier alpha value is -1.21. The Bertz CT molecular complexity index is 761. The minimum absolute atomic E-state index is 0.0230. The van der Waals surface area contributed by atoms with Crippen LogP contribution in [0.3, 0.4) is 0 Å². The van der Waals surface area contributed by atoms with Gasteiger partial charge in [-0.1, -0.05) is 12.5 Å². The average Bonchev–Trinajstić information content (AvgIpc) is 3.09. The number of aromatic nitrogens is 3. The van der Waals surface area contributed by atoms with Crippen molar-refractivity contribution in [1.29, 1.82) is 0 Å². The Morgan fingerprint density at radius 1 is 1.32 bits per heavy atom. The van der Waals surface area contributed by atoms with Gasteiger partial charge in [-0.2, -0.15) is 5.10 Å². The minimum atomic E-state index is -2.90. The number of sulfone groups is 1. The molecule has 7 heteroatoms. The first-order valence-electron chi connectivity index (χ1n) is 7.79. The first-order chi connectivity index (χ1) is 10.6. The third-order valence-electron chi connectivity index (χ3n) is 4.64. The van der Waals surface area contributed by atoms with Crippen LogP contribution in [0.2, 0.25) is 0 Å². The maximum Gasteiger partial charge on any atom is 0.156 e. The molecule has 1 atom stereocenters. The molecule has 4 rings (SSSR count). The minimum Gasteiger partial charge on any atom is -0.245 e. The zero-order valence-electron chi connectivity index (χ0n) is 12.3. The summed E-state index contributed by atoms with van der Waals surface area (Å²) in [5.74, 6) is 2.80. The van der Waals surface area contributed by atoms with E-state index < -0.39 is 9.84 Å². The van der Waals surface area contributed by atoms with E-state index in [1.807, 2.05) is 10.7 Å². The molecule has 0 N–H and O–H groups in total. The molecule has 1 aliphatic heterocycles. The van der Waals surface area contributed by atoms with E-state index in [0.29, 0.717) is 12.3 Å². The molecule has 1 aliphatic carbocycles. The number of hydrogen-bond donors (Lipinski definition) is 0. The molecule has 118 valence electrons. The van der Waals surface area contributed by atoms with Crippen molar-refractivity contribution in [1.82, 2.24) is 14.8 Å². The predicted molar refractivity (Wildman–Crippen MR) is 86.0 cm³/mol. The van der Waals surface area contributed by atoms with Crippen LogP contribution in [0.25, 0.3) is 0 Å². The van der Waals surface area contributed by atoms with Gasteiger partial charge in [-0.15, -0.1) is 11.3 Å². The molecule has 2 aliphatic rings. The van der Waals surface area contributed by atoms with Crippen molar-refractivity contribution in [3.63, 3.8) is 0 Å². The third kappa shape index (κ3) is 2.72. The van der Waals surface area contributed by atoms with Crippen molar-refractivity contribution in [3.8, 4) is 0 Å². The lowest BCUT2D eigenvalue weighted by Gasteiger charge is -2.26. The summed E-state index contributed by atoms with van der Waals surface area (Å²) in [6, 6.07) is 4.10.